The zero-order chi connectivity index (χ0) is 19.7. The molecule has 1 aromatic heterocycles. The van der Waals surface area contributed by atoms with Gasteiger partial charge in [-0.05, 0) is 44.2 Å². The number of hydrogen-bond acceptors (Lipinski definition) is 5. The van der Waals surface area contributed by atoms with E-state index in [2.05, 4.69) is 10.3 Å². The Morgan fingerprint density at radius 2 is 2.03 bits per heavy atom. The molecule has 0 aliphatic carbocycles. The summed E-state index contributed by atoms with van der Waals surface area (Å²) in [4.78, 5) is 24.5. The normalized spacial score (nSPS) is 23.6. The third-order valence-electron chi connectivity index (χ3n) is 6.61. The van der Waals surface area contributed by atoms with Gasteiger partial charge in [0, 0.05) is 31.4 Å². The summed E-state index contributed by atoms with van der Waals surface area (Å²) in [5.41, 5.74) is 2.85. The van der Waals surface area contributed by atoms with Crippen LogP contribution in [-0.2, 0) is 21.6 Å². The average molecular weight is 393 g/mol. The van der Waals surface area contributed by atoms with Crippen LogP contribution in [-0.4, -0.2) is 53.6 Å². The molecule has 0 radical (unpaired) electrons. The molecule has 2 saturated heterocycles. The third kappa shape index (κ3) is 3.55. The van der Waals surface area contributed by atoms with E-state index in [1.54, 1.807) is 0 Å². The molecule has 3 aliphatic heterocycles. The Morgan fingerprint density at radius 1 is 1.21 bits per heavy atom. The van der Waals surface area contributed by atoms with Gasteiger partial charge in [-0.25, -0.2) is 9.97 Å². The van der Waals surface area contributed by atoms with E-state index in [0.29, 0.717) is 12.5 Å². The minimum atomic E-state index is -0.387. The van der Waals surface area contributed by atoms with Gasteiger partial charge in [0.25, 0.3) is 0 Å². The summed E-state index contributed by atoms with van der Waals surface area (Å²) in [5, 5.41) is 3.36. The Hall–Kier alpha value is -2.31. The molecule has 1 N–H and O–H groups in total. The molecule has 152 valence electrons. The fraction of sp³-hybridized carbons (Fsp3) is 0.522. The van der Waals surface area contributed by atoms with Crippen LogP contribution in [0.2, 0.25) is 0 Å². The summed E-state index contributed by atoms with van der Waals surface area (Å²) >= 11 is 0. The lowest BCUT2D eigenvalue weighted by atomic mass is 9.82. The van der Waals surface area contributed by atoms with Crippen LogP contribution in [0.3, 0.4) is 0 Å². The second-order valence-corrected chi connectivity index (χ2v) is 8.39. The van der Waals surface area contributed by atoms with Gasteiger partial charge < -0.3 is 15.0 Å². The van der Waals surface area contributed by atoms with Crippen LogP contribution >= 0.6 is 0 Å². The van der Waals surface area contributed by atoms with Crippen molar-refractivity contribution < 1.29 is 9.53 Å². The van der Waals surface area contributed by atoms with Crippen molar-refractivity contribution in [2.24, 2.45) is 5.92 Å². The van der Waals surface area contributed by atoms with Crippen LogP contribution < -0.4 is 5.32 Å². The van der Waals surface area contributed by atoms with Crippen molar-refractivity contribution in [3.8, 4) is 11.4 Å². The van der Waals surface area contributed by atoms with E-state index >= 15 is 0 Å². The molecule has 2 fully saturated rings. The number of likely N-dealkylation sites (tertiary alicyclic amines) is 1. The van der Waals surface area contributed by atoms with Crippen molar-refractivity contribution in [2.45, 2.75) is 37.7 Å². The topological polar surface area (TPSA) is 67.4 Å². The van der Waals surface area contributed by atoms with E-state index < -0.39 is 0 Å². The number of hydrogen-bond donors (Lipinski definition) is 1. The molecule has 1 aromatic carbocycles. The summed E-state index contributed by atoms with van der Waals surface area (Å²) in [6, 6.07) is 10.1. The number of carbonyl (C=O) groups is 1. The number of carbonyl (C=O) groups excluding carboxylic acids is 1. The molecular weight excluding hydrogens is 364 g/mol. The zero-order valence-corrected chi connectivity index (χ0v) is 16.8. The van der Waals surface area contributed by atoms with Crippen molar-refractivity contribution in [3.63, 3.8) is 0 Å². The number of rotatable bonds is 2. The highest BCUT2D eigenvalue weighted by Gasteiger charge is 2.44. The number of piperidine rings is 2. The maximum Gasteiger partial charge on any atom is 0.226 e. The van der Waals surface area contributed by atoms with Crippen LogP contribution in [0.25, 0.3) is 11.4 Å². The van der Waals surface area contributed by atoms with Crippen LogP contribution in [0.5, 0.6) is 0 Å². The molecule has 29 heavy (non-hydrogen) atoms. The summed E-state index contributed by atoms with van der Waals surface area (Å²) in [6.07, 6.45) is 6.52. The van der Waals surface area contributed by atoms with E-state index in [0.717, 1.165) is 75.4 Å². The monoisotopic (exact) mass is 392 g/mol. The number of amides is 1. The third-order valence-corrected chi connectivity index (χ3v) is 6.61. The molecule has 6 nitrogen and oxygen atoms in total. The first-order chi connectivity index (χ1) is 14.3. The second-order valence-electron chi connectivity index (χ2n) is 8.39. The predicted molar refractivity (Wildman–Crippen MR) is 110 cm³/mol. The maximum atomic E-state index is 12.9. The minimum Gasteiger partial charge on any atom is -0.368 e. The van der Waals surface area contributed by atoms with Gasteiger partial charge in [0.2, 0.25) is 5.91 Å². The summed E-state index contributed by atoms with van der Waals surface area (Å²) in [5.74, 6) is 1.18. The van der Waals surface area contributed by atoms with Gasteiger partial charge >= 0.3 is 0 Å². The van der Waals surface area contributed by atoms with Crippen LogP contribution in [0.4, 0.5) is 0 Å². The first-order valence-electron chi connectivity index (χ1n) is 10.8. The van der Waals surface area contributed by atoms with Crippen LogP contribution in [0.1, 0.15) is 36.9 Å². The molecule has 6 heteroatoms. The lowest BCUT2D eigenvalue weighted by molar-refractivity contribution is -0.145. The summed E-state index contributed by atoms with van der Waals surface area (Å²) in [6.45, 7) is 4.01. The van der Waals surface area contributed by atoms with Gasteiger partial charge in [-0.15, -0.1) is 0 Å². The number of aromatic nitrogens is 2. The summed E-state index contributed by atoms with van der Waals surface area (Å²) in [7, 11) is 0. The Morgan fingerprint density at radius 3 is 2.79 bits per heavy atom. The number of fused-ring (bicyclic) bond motifs is 2. The van der Waals surface area contributed by atoms with Crippen molar-refractivity contribution in [2.75, 3.05) is 32.8 Å². The fourth-order valence-corrected chi connectivity index (χ4v) is 4.93. The number of nitrogens with one attached hydrogen (secondary N) is 1. The van der Waals surface area contributed by atoms with Gasteiger partial charge in [0.15, 0.2) is 5.82 Å². The van der Waals surface area contributed by atoms with E-state index in [9.17, 15) is 4.79 Å². The molecule has 0 saturated carbocycles. The van der Waals surface area contributed by atoms with E-state index in [-0.39, 0.29) is 11.5 Å². The van der Waals surface area contributed by atoms with E-state index in [4.69, 9.17) is 9.72 Å². The molecule has 1 atom stereocenters. The van der Waals surface area contributed by atoms with Crippen molar-refractivity contribution in [1.29, 1.82) is 0 Å². The molecule has 4 heterocycles. The van der Waals surface area contributed by atoms with Crippen molar-refractivity contribution in [1.82, 2.24) is 20.2 Å². The second kappa shape index (κ2) is 7.84. The van der Waals surface area contributed by atoms with Crippen LogP contribution in [0, 0.1) is 5.92 Å². The quantitative estimate of drug-likeness (QED) is 0.851. The molecule has 1 amide bonds. The van der Waals surface area contributed by atoms with Crippen molar-refractivity contribution in [3.05, 3.63) is 47.8 Å². The standard InChI is InChI=1S/C23H28N4O2/c28-22(19-7-4-11-24-15-19)27-12-9-23(10-13-27)20-18(8-14-29-23)16-25-21(26-20)17-5-2-1-3-6-17/h1-3,5-6,16,19,24H,4,7-15H2/t19-/m0/s1. The minimum absolute atomic E-state index is 0.129. The Labute approximate surface area is 171 Å². The van der Waals surface area contributed by atoms with Gasteiger partial charge in [0.1, 0.15) is 5.60 Å². The molecule has 1 spiro atoms. The predicted octanol–water partition coefficient (Wildman–Crippen LogP) is 2.53. The van der Waals surface area contributed by atoms with Gasteiger partial charge in [0.05, 0.1) is 18.2 Å². The van der Waals surface area contributed by atoms with Gasteiger partial charge in [-0.3, -0.25) is 4.79 Å². The van der Waals surface area contributed by atoms with Gasteiger partial charge in [-0.1, -0.05) is 30.3 Å². The fourth-order valence-electron chi connectivity index (χ4n) is 4.93. The molecule has 0 bridgehead atoms. The van der Waals surface area contributed by atoms with Crippen LogP contribution in [0.15, 0.2) is 36.5 Å². The van der Waals surface area contributed by atoms with E-state index in [1.165, 1.54) is 5.56 Å². The number of benzene rings is 1. The van der Waals surface area contributed by atoms with Crippen molar-refractivity contribution >= 4 is 5.91 Å². The highest BCUT2D eigenvalue weighted by Crippen LogP contribution is 2.41. The smallest absolute Gasteiger partial charge is 0.226 e. The largest absolute Gasteiger partial charge is 0.368 e. The molecule has 3 aliphatic rings. The first-order valence-corrected chi connectivity index (χ1v) is 10.8. The average Bonchev–Trinajstić information content (AvgIpc) is 2.80. The zero-order valence-electron chi connectivity index (χ0n) is 16.8. The maximum absolute atomic E-state index is 12.9. The highest BCUT2D eigenvalue weighted by molar-refractivity contribution is 5.79. The Bertz CT molecular complexity index is 872. The SMILES string of the molecule is O=C([C@H]1CCCNC1)N1CCC2(CC1)OCCc1cnc(-c3ccccc3)nc12. The number of nitrogens with zero attached hydrogens (tertiary/aromatic N) is 3. The molecule has 2 aromatic rings. The molecule has 0 unspecified atom stereocenters. The van der Waals surface area contributed by atoms with Gasteiger partial charge in [-0.2, -0.15) is 0 Å². The highest BCUT2D eigenvalue weighted by atomic mass is 16.5. The Balaban J connectivity index is 1.37. The number of ether oxygens (including phenoxy) is 1. The summed E-state index contributed by atoms with van der Waals surface area (Å²) < 4.78 is 6.36. The van der Waals surface area contributed by atoms with E-state index in [1.807, 2.05) is 41.4 Å². The molecule has 5 rings (SSSR count). The first kappa shape index (κ1) is 18.7. The molecular formula is C23H28N4O2. The lowest BCUT2D eigenvalue weighted by Gasteiger charge is -2.44. The Kier molecular flexibility index (Phi) is 5.06. The lowest BCUT2D eigenvalue weighted by Crippen LogP contribution is -2.51.